The van der Waals surface area contributed by atoms with E-state index in [1.165, 1.54) is 0 Å². The molecule has 0 aliphatic carbocycles. The third-order valence-corrected chi connectivity index (χ3v) is 2.78. The molecule has 1 atom stereocenters. The molecule has 114 valence electrons. The second kappa shape index (κ2) is 8.13. The SMILES string of the molecule is CC(C)NCC(O)COc1nsnc1C(=O)NC(C)C. The van der Waals surface area contributed by atoms with Crippen molar-refractivity contribution in [2.24, 2.45) is 0 Å². The minimum Gasteiger partial charge on any atom is -0.473 e. The number of rotatable bonds is 8. The van der Waals surface area contributed by atoms with Crippen molar-refractivity contribution in [3.63, 3.8) is 0 Å². The minimum atomic E-state index is -0.667. The molecule has 0 aromatic carbocycles. The highest BCUT2D eigenvalue weighted by molar-refractivity contribution is 6.99. The third kappa shape index (κ3) is 5.81. The van der Waals surface area contributed by atoms with E-state index in [0.29, 0.717) is 6.54 Å². The van der Waals surface area contributed by atoms with Crippen molar-refractivity contribution >= 4 is 17.6 Å². The highest BCUT2D eigenvalue weighted by Crippen LogP contribution is 2.15. The van der Waals surface area contributed by atoms with Crippen molar-refractivity contribution in [3.8, 4) is 5.88 Å². The first-order chi connectivity index (χ1) is 9.40. The maximum Gasteiger partial charge on any atom is 0.276 e. The van der Waals surface area contributed by atoms with Crippen molar-refractivity contribution < 1.29 is 14.6 Å². The van der Waals surface area contributed by atoms with Gasteiger partial charge in [0.25, 0.3) is 11.8 Å². The normalized spacial score (nSPS) is 12.8. The van der Waals surface area contributed by atoms with Crippen molar-refractivity contribution in [2.45, 2.75) is 45.9 Å². The number of nitrogens with one attached hydrogen (secondary N) is 2. The van der Waals surface area contributed by atoms with Crippen LogP contribution in [0.15, 0.2) is 0 Å². The largest absolute Gasteiger partial charge is 0.473 e. The van der Waals surface area contributed by atoms with Gasteiger partial charge in [0.1, 0.15) is 12.7 Å². The lowest BCUT2D eigenvalue weighted by atomic mass is 10.3. The first-order valence-corrected chi connectivity index (χ1v) is 7.30. The number of carbonyl (C=O) groups excluding carboxylic acids is 1. The fourth-order valence-corrected chi connectivity index (χ4v) is 1.85. The van der Waals surface area contributed by atoms with Crippen LogP contribution < -0.4 is 15.4 Å². The number of ether oxygens (including phenoxy) is 1. The van der Waals surface area contributed by atoms with Gasteiger partial charge in [-0.05, 0) is 13.8 Å². The predicted molar refractivity (Wildman–Crippen MR) is 77.2 cm³/mol. The molecule has 1 amide bonds. The number of aliphatic hydroxyl groups excluding tert-OH is 1. The zero-order valence-electron chi connectivity index (χ0n) is 12.2. The Balaban J connectivity index is 2.48. The van der Waals surface area contributed by atoms with Crippen molar-refractivity contribution in [3.05, 3.63) is 5.69 Å². The Morgan fingerprint density at radius 2 is 2.00 bits per heavy atom. The van der Waals surface area contributed by atoms with Crippen molar-refractivity contribution in [2.75, 3.05) is 13.2 Å². The van der Waals surface area contributed by atoms with Gasteiger partial charge in [-0.2, -0.15) is 4.37 Å². The lowest BCUT2D eigenvalue weighted by molar-refractivity contribution is 0.0904. The summed E-state index contributed by atoms with van der Waals surface area (Å²) < 4.78 is 13.2. The maximum absolute atomic E-state index is 11.8. The molecule has 0 aliphatic rings. The number of hydrogen-bond donors (Lipinski definition) is 3. The summed E-state index contributed by atoms with van der Waals surface area (Å²) >= 11 is 0.908. The molecule has 0 saturated heterocycles. The minimum absolute atomic E-state index is 0.0119. The Labute approximate surface area is 123 Å². The summed E-state index contributed by atoms with van der Waals surface area (Å²) in [5.41, 5.74) is 0.160. The van der Waals surface area contributed by atoms with E-state index < -0.39 is 6.10 Å². The van der Waals surface area contributed by atoms with Crippen LogP contribution in [-0.2, 0) is 0 Å². The second-order valence-corrected chi connectivity index (χ2v) is 5.60. The number of amides is 1. The molecule has 0 bridgehead atoms. The van der Waals surface area contributed by atoms with E-state index in [0.717, 1.165) is 11.7 Å². The van der Waals surface area contributed by atoms with Gasteiger partial charge >= 0.3 is 0 Å². The smallest absolute Gasteiger partial charge is 0.276 e. The molecule has 7 nitrogen and oxygen atoms in total. The monoisotopic (exact) mass is 302 g/mol. The molecule has 1 unspecified atom stereocenters. The van der Waals surface area contributed by atoms with Crippen LogP contribution in [0, 0.1) is 0 Å². The average molecular weight is 302 g/mol. The number of aromatic nitrogens is 2. The van der Waals surface area contributed by atoms with E-state index in [1.54, 1.807) is 0 Å². The van der Waals surface area contributed by atoms with Crippen LogP contribution in [0.2, 0.25) is 0 Å². The molecule has 20 heavy (non-hydrogen) atoms. The van der Waals surface area contributed by atoms with Crippen LogP contribution in [-0.4, -0.2) is 51.1 Å². The van der Waals surface area contributed by atoms with Crippen molar-refractivity contribution in [1.29, 1.82) is 0 Å². The Bertz CT molecular complexity index is 423. The molecule has 0 aliphatic heterocycles. The summed E-state index contributed by atoms with van der Waals surface area (Å²) in [5.74, 6) is -0.157. The molecule has 0 radical (unpaired) electrons. The zero-order chi connectivity index (χ0) is 15.1. The van der Waals surface area contributed by atoms with E-state index in [9.17, 15) is 9.90 Å². The lowest BCUT2D eigenvalue weighted by Crippen LogP contribution is -2.35. The second-order valence-electron chi connectivity index (χ2n) is 5.07. The van der Waals surface area contributed by atoms with Crippen LogP contribution in [0.1, 0.15) is 38.2 Å². The van der Waals surface area contributed by atoms with E-state index in [1.807, 2.05) is 27.7 Å². The van der Waals surface area contributed by atoms with E-state index in [2.05, 4.69) is 19.4 Å². The van der Waals surface area contributed by atoms with Crippen LogP contribution in [0.25, 0.3) is 0 Å². The van der Waals surface area contributed by atoms with E-state index >= 15 is 0 Å². The predicted octanol–water partition coefficient (Wildman–Crippen LogP) is 0.414. The molecule has 1 heterocycles. The standard InChI is InChI=1S/C12H22N4O3S/c1-7(2)13-5-9(17)6-19-12-10(15-20-16-12)11(18)14-8(3)4/h7-9,13,17H,5-6H2,1-4H3,(H,14,18). The summed E-state index contributed by atoms with van der Waals surface area (Å²) in [6, 6.07) is 0.302. The van der Waals surface area contributed by atoms with Gasteiger partial charge < -0.3 is 20.5 Å². The molecule has 1 aromatic rings. The van der Waals surface area contributed by atoms with Gasteiger partial charge in [-0.3, -0.25) is 4.79 Å². The fraction of sp³-hybridized carbons (Fsp3) is 0.750. The first kappa shape index (κ1) is 16.8. The molecule has 0 fully saturated rings. The van der Waals surface area contributed by atoms with Crippen LogP contribution in [0.3, 0.4) is 0 Å². The van der Waals surface area contributed by atoms with Gasteiger partial charge in [-0.1, -0.05) is 13.8 Å². The van der Waals surface area contributed by atoms with Crippen LogP contribution >= 0.6 is 11.7 Å². The topological polar surface area (TPSA) is 96.4 Å². The van der Waals surface area contributed by atoms with Gasteiger partial charge in [-0.15, -0.1) is 4.37 Å². The number of carbonyl (C=O) groups is 1. The number of hydrogen-bond acceptors (Lipinski definition) is 7. The Morgan fingerprint density at radius 1 is 1.30 bits per heavy atom. The van der Waals surface area contributed by atoms with Gasteiger partial charge in [0, 0.05) is 18.6 Å². The number of nitrogens with zero attached hydrogens (tertiary/aromatic N) is 2. The van der Waals surface area contributed by atoms with E-state index in [-0.39, 0.29) is 36.2 Å². The van der Waals surface area contributed by atoms with Gasteiger partial charge in [0.15, 0.2) is 0 Å². The molecular weight excluding hydrogens is 280 g/mol. The van der Waals surface area contributed by atoms with Crippen LogP contribution in [0.5, 0.6) is 5.88 Å². The fourth-order valence-electron chi connectivity index (χ4n) is 1.35. The third-order valence-electron chi connectivity index (χ3n) is 2.27. The van der Waals surface area contributed by atoms with Gasteiger partial charge in [0.05, 0.1) is 11.7 Å². The summed E-state index contributed by atoms with van der Waals surface area (Å²) in [7, 11) is 0. The van der Waals surface area contributed by atoms with Crippen LogP contribution in [0.4, 0.5) is 0 Å². The van der Waals surface area contributed by atoms with Gasteiger partial charge in [-0.25, -0.2) is 0 Å². The lowest BCUT2D eigenvalue weighted by Gasteiger charge is -2.14. The average Bonchev–Trinajstić information content (AvgIpc) is 2.81. The summed E-state index contributed by atoms with van der Waals surface area (Å²) in [5, 5.41) is 15.6. The highest BCUT2D eigenvalue weighted by atomic mass is 32.1. The number of aliphatic hydroxyl groups is 1. The van der Waals surface area contributed by atoms with Gasteiger partial charge in [0.2, 0.25) is 5.69 Å². The Kier molecular flexibility index (Phi) is 6.83. The van der Waals surface area contributed by atoms with E-state index in [4.69, 9.17) is 4.74 Å². The van der Waals surface area contributed by atoms with Crippen molar-refractivity contribution in [1.82, 2.24) is 19.4 Å². The first-order valence-electron chi connectivity index (χ1n) is 6.57. The molecule has 1 aromatic heterocycles. The summed E-state index contributed by atoms with van der Waals surface area (Å²) in [6.07, 6.45) is -0.667. The maximum atomic E-state index is 11.8. The molecular formula is C12H22N4O3S. The Hall–Kier alpha value is -1.25. The quantitative estimate of drug-likeness (QED) is 0.644. The molecule has 0 spiro atoms. The zero-order valence-corrected chi connectivity index (χ0v) is 13.0. The molecule has 3 N–H and O–H groups in total. The summed E-state index contributed by atoms with van der Waals surface area (Å²) in [6.45, 7) is 8.19. The molecule has 1 rings (SSSR count). The molecule has 8 heteroatoms. The highest BCUT2D eigenvalue weighted by Gasteiger charge is 2.19. The summed E-state index contributed by atoms with van der Waals surface area (Å²) in [4.78, 5) is 11.8. The molecule has 0 saturated carbocycles. The Morgan fingerprint density at radius 3 is 2.60 bits per heavy atom.